The number of aromatic nitrogens is 2. The Morgan fingerprint density at radius 3 is 3.08 bits per heavy atom. The highest BCUT2D eigenvalue weighted by molar-refractivity contribution is 5.95. The molecular weight excluding hydrogens is 298 g/mol. The van der Waals surface area contributed by atoms with E-state index in [4.69, 9.17) is 8.85 Å². The van der Waals surface area contributed by atoms with E-state index >= 15 is 0 Å². The van der Waals surface area contributed by atoms with E-state index in [-0.39, 0.29) is 6.04 Å². The van der Waals surface area contributed by atoms with Crippen molar-refractivity contribution in [3.63, 3.8) is 0 Å². The summed E-state index contributed by atoms with van der Waals surface area (Å²) in [5, 5.41) is 1.01. The Morgan fingerprint density at radius 1 is 1.33 bits per heavy atom. The Balaban J connectivity index is 1.85. The van der Waals surface area contributed by atoms with Gasteiger partial charge in [-0.05, 0) is 62.6 Å². The molecule has 0 amide bonds. The van der Waals surface area contributed by atoms with Gasteiger partial charge < -0.3 is 14.6 Å². The number of rotatable bonds is 4. The van der Waals surface area contributed by atoms with Gasteiger partial charge in [0.05, 0.1) is 18.5 Å². The minimum Gasteiger partial charge on any atom is -0.496 e. The second-order valence-corrected chi connectivity index (χ2v) is 6.27. The second-order valence-electron chi connectivity index (χ2n) is 6.27. The fraction of sp³-hybridized carbons (Fsp3) is 0.350. The number of hydrogen-bond donors (Lipinski definition) is 1. The molecule has 3 aromatic rings. The minimum absolute atomic E-state index is 0.0242. The van der Waals surface area contributed by atoms with Crippen LogP contribution >= 0.6 is 0 Å². The van der Waals surface area contributed by atoms with Gasteiger partial charge in [-0.15, -0.1) is 0 Å². The van der Waals surface area contributed by atoms with E-state index in [1.807, 2.05) is 36.4 Å². The number of benzene rings is 1. The molecule has 24 heavy (non-hydrogen) atoms. The van der Waals surface area contributed by atoms with Crippen molar-refractivity contribution in [2.24, 2.45) is 0 Å². The summed E-state index contributed by atoms with van der Waals surface area (Å²) in [5.74, 6) is 0.791. The van der Waals surface area contributed by atoms with E-state index in [2.05, 4.69) is 9.97 Å². The predicted octanol–water partition coefficient (Wildman–Crippen LogP) is 3.88. The molecule has 1 aromatic carbocycles. The summed E-state index contributed by atoms with van der Waals surface area (Å²) in [4.78, 5) is 9.64. The number of fused-ring (bicyclic) bond motifs is 1. The van der Waals surface area contributed by atoms with Crippen LogP contribution < -0.4 is 4.74 Å². The van der Waals surface area contributed by atoms with E-state index in [9.17, 15) is 0 Å². The van der Waals surface area contributed by atoms with Crippen LogP contribution in [0.4, 0.5) is 0 Å². The Morgan fingerprint density at radius 2 is 2.29 bits per heavy atom. The fourth-order valence-electron chi connectivity index (χ4n) is 3.67. The molecule has 0 aliphatic carbocycles. The van der Waals surface area contributed by atoms with Gasteiger partial charge in [0, 0.05) is 27.3 Å². The lowest BCUT2D eigenvalue weighted by Gasteiger charge is -2.20. The lowest BCUT2D eigenvalue weighted by Crippen LogP contribution is -2.26. The number of methoxy groups -OCH3 is 1. The van der Waals surface area contributed by atoms with Gasteiger partial charge in [-0.25, -0.2) is 0 Å². The predicted molar refractivity (Wildman–Crippen MR) is 97.4 cm³/mol. The van der Waals surface area contributed by atoms with Crippen molar-refractivity contribution in [3.05, 3.63) is 48.2 Å². The maximum atomic E-state index is 7.86. The van der Waals surface area contributed by atoms with E-state index < -0.39 is 6.98 Å². The van der Waals surface area contributed by atoms with Crippen LogP contribution in [-0.4, -0.2) is 41.5 Å². The maximum Gasteiger partial charge on any atom is 0.128 e. The third-order valence-corrected chi connectivity index (χ3v) is 4.85. The minimum atomic E-state index is -2.07. The van der Waals surface area contributed by atoms with Crippen LogP contribution in [0.2, 0.25) is 0 Å². The van der Waals surface area contributed by atoms with Crippen LogP contribution in [0.25, 0.3) is 22.3 Å². The van der Waals surface area contributed by atoms with Crippen molar-refractivity contribution >= 4 is 10.9 Å². The number of aromatic amines is 1. The fourth-order valence-corrected chi connectivity index (χ4v) is 3.67. The van der Waals surface area contributed by atoms with Gasteiger partial charge in [-0.3, -0.25) is 4.98 Å². The topological polar surface area (TPSA) is 41.2 Å². The first-order valence-electron chi connectivity index (χ1n) is 9.84. The van der Waals surface area contributed by atoms with E-state index in [0.717, 1.165) is 46.4 Å². The molecule has 0 spiro atoms. The average Bonchev–Trinajstić information content (AvgIpc) is 3.27. The van der Waals surface area contributed by atoms with Crippen LogP contribution in [0.3, 0.4) is 0 Å². The van der Waals surface area contributed by atoms with E-state index in [1.54, 1.807) is 18.2 Å². The van der Waals surface area contributed by atoms with Crippen LogP contribution in [0.1, 0.15) is 22.5 Å². The Kier molecular flexibility index (Phi) is 3.17. The van der Waals surface area contributed by atoms with Crippen LogP contribution in [0.5, 0.6) is 5.75 Å². The molecule has 4 rings (SSSR count). The molecule has 1 atom stereocenters. The summed E-state index contributed by atoms with van der Waals surface area (Å²) < 4.78 is 29.2. The van der Waals surface area contributed by atoms with Gasteiger partial charge in [0.2, 0.25) is 0 Å². The second kappa shape index (κ2) is 6.29. The highest BCUT2D eigenvalue weighted by Crippen LogP contribution is 2.37. The lowest BCUT2D eigenvalue weighted by atomic mass is 9.99. The number of hydrogen-bond acceptors (Lipinski definition) is 3. The summed E-state index contributed by atoms with van der Waals surface area (Å²) in [6, 6.07) is 11.7. The summed E-state index contributed by atoms with van der Waals surface area (Å²) in [6.45, 7) is -1.46. The Bertz CT molecular complexity index is 937. The summed E-state index contributed by atoms with van der Waals surface area (Å²) in [7, 11) is 1.66. The molecule has 4 nitrogen and oxygen atoms in total. The lowest BCUT2D eigenvalue weighted by molar-refractivity contribution is 0.310. The zero-order valence-electron chi connectivity index (χ0n) is 16.7. The molecular formula is C20H23N3O. The molecule has 124 valence electrons. The number of H-pyrrole nitrogens is 1. The van der Waals surface area contributed by atoms with Crippen molar-refractivity contribution in [2.45, 2.75) is 25.3 Å². The normalized spacial score (nSPS) is 20.7. The first-order valence-corrected chi connectivity index (χ1v) is 8.34. The summed E-state index contributed by atoms with van der Waals surface area (Å²) in [6.07, 6.45) is 4.19. The van der Waals surface area contributed by atoms with Crippen LogP contribution in [0, 0.1) is 0 Å². The Hall–Kier alpha value is -2.33. The molecule has 0 unspecified atom stereocenters. The van der Waals surface area contributed by atoms with Crippen LogP contribution in [0.15, 0.2) is 42.6 Å². The molecule has 0 radical (unpaired) electrons. The highest BCUT2D eigenvalue weighted by atomic mass is 16.5. The van der Waals surface area contributed by atoms with Crippen LogP contribution in [-0.2, 0) is 6.42 Å². The summed E-state index contributed by atoms with van der Waals surface area (Å²) >= 11 is 0. The molecule has 1 fully saturated rings. The quantitative estimate of drug-likeness (QED) is 0.792. The zero-order valence-corrected chi connectivity index (χ0v) is 13.7. The SMILES string of the molecule is [2H]C([2H])([2H])N1CCC[C@@H]1Cc1c(-c2ccccn2)[nH]c2cccc(OC)c12. The number of pyridine rings is 1. The molecule has 1 saturated heterocycles. The number of likely N-dealkylation sites (tertiary alicyclic amines) is 1. The third kappa shape index (κ3) is 2.57. The molecule has 2 aromatic heterocycles. The molecule has 4 heteroatoms. The summed E-state index contributed by atoms with van der Waals surface area (Å²) in [5.41, 5.74) is 3.84. The van der Waals surface area contributed by atoms with Crippen molar-refractivity contribution in [1.82, 2.24) is 14.9 Å². The van der Waals surface area contributed by atoms with Crippen molar-refractivity contribution in [1.29, 1.82) is 0 Å². The molecule has 0 saturated carbocycles. The molecule has 1 aliphatic rings. The largest absolute Gasteiger partial charge is 0.496 e. The molecule has 3 heterocycles. The Labute approximate surface area is 146 Å². The van der Waals surface area contributed by atoms with Gasteiger partial charge in [0.25, 0.3) is 0 Å². The number of likely N-dealkylation sites (N-methyl/N-ethyl adjacent to an activating group) is 1. The first kappa shape index (κ1) is 12.1. The highest BCUT2D eigenvalue weighted by Gasteiger charge is 2.25. The molecule has 0 bridgehead atoms. The monoisotopic (exact) mass is 324 g/mol. The third-order valence-electron chi connectivity index (χ3n) is 4.85. The van der Waals surface area contributed by atoms with Crippen molar-refractivity contribution in [3.8, 4) is 17.1 Å². The standard InChI is InChI=1S/C20H23N3O/c1-23-12-6-7-14(23)13-15-19-16(9-5-10-18(19)24-2)22-20(15)17-8-3-4-11-21-17/h3-5,8-11,14,22H,6-7,12-13H2,1-2H3/t14-/m1/s1/i1D3. The van der Waals surface area contributed by atoms with Gasteiger partial charge >= 0.3 is 0 Å². The van der Waals surface area contributed by atoms with Gasteiger partial charge in [-0.2, -0.15) is 0 Å². The zero-order chi connectivity index (χ0) is 19.0. The van der Waals surface area contributed by atoms with Gasteiger partial charge in [0.15, 0.2) is 0 Å². The molecule has 1 aliphatic heterocycles. The van der Waals surface area contributed by atoms with Gasteiger partial charge in [0.1, 0.15) is 5.75 Å². The smallest absolute Gasteiger partial charge is 0.128 e. The number of nitrogens with one attached hydrogen (secondary N) is 1. The average molecular weight is 324 g/mol. The number of nitrogens with zero attached hydrogens (tertiary/aromatic N) is 2. The first-order chi connectivity index (χ1) is 13.0. The van der Waals surface area contributed by atoms with E-state index in [1.165, 1.54) is 0 Å². The van der Waals surface area contributed by atoms with Crippen molar-refractivity contribution < 1.29 is 8.85 Å². The van der Waals surface area contributed by atoms with Crippen molar-refractivity contribution in [2.75, 3.05) is 20.6 Å². The maximum absolute atomic E-state index is 7.86. The van der Waals surface area contributed by atoms with E-state index in [0.29, 0.717) is 13.0 Å². The molecule has 1 N–H and O–H groups in total. The number of ether oxygens (including phenoxy) is 1. The van der Waals surface area contributed by atoms with Gasteiger partial charge in [-0.1, -0.05) is 12.1 Å².